The molecule has 1 aromatic rings. The molecule has 3 nitrogen and oxygen atoms in total. The van der Waals surface area contributed by atoms with Crippen LogP contribution in [0.1, 0.15) is 18.4 Å². The first kappa shape index (κ1) is 14.4. The minimum atomic E-state index is -0.581. The van der Waals surface area contributed by atoms with Gasteiger partial charge in [0.15, 0.2) is 0 Å². The lowest BCUT2D eigenvalue weighted by Crippen LogP contribution is -2.58. The number of piperidine rings is 3. The molecule has 19 heavy (non-hydrogen) atoms. The Morgan fingerprint density at radius 2 is 1.89 bits per heavy atom. The molecule has 0 amide bonds. The van der Waals surface area contributed by atoms with Crippen molar-refractivity contribution in [3.05, 3.63) is 35.9 Å². The third kappa shape index (κ3) is 2.49. The molecule has 2 bridgehead atoms. The van der Waals surface area contributed by atoms with Crippen molar-refractivity contribution in [1.29, 1.82) is 0 Å². The lowest BCUT2D eigenvalue weighted by molar-refractivity contribution is -0.163. The van der Waals surface area contributed by atoms with Crippen LogP contribution in [0.15, 0.2) is 30.3 Å². The third-order valence-electron chi connectivity index (χ3n) is 4.76. The number of carboxylic acid groups (broad SMARTS) is 1. The van der Waals surface area contributed by atoms with Gasteiger partial charge in [-0.25, -0.2) is 0 Å². The summed E-state index contributed by atoms with van der Waals surface area (Å²) in [4.78, 5) is 14.1. The van der Waals surface area contributed by atoms with Crippen molar-refractivity contribution >= 4 is 18.4 Å². The summed E-state index contributed by atoms with van der Waals surface area (Å²) in [7, 11) is 0. The minimum absolute atomic E-state index is 0. The van der Waals surface area contributed by atoms with Gasteiger partial charge in [-0.05, 0) is 43.8 Å². The van der Waals surface area contributed by atoms with Gasteiger partial charge in [-0.1, -0.05) is 30.3 Å². The van der Waals surface area contributed by atoms with Gasteiger partial charge in [0.25, 0.3) is 0 Å². The normalized spacial score (nSPS) is 32.6. The van der Waals surface area contributed by atoms with Crippen molar-refractivity contribution in [2.45, 2.75) is 19.3 Å². The SMILES string of the molecule is Cl.O=C(O)C12CCN(CC1)CC2Cc1ccccc1. The van der Waals surface area contributed by atoms with E-state index < -0.39 is 11.4 Å². The standard InChI is InChI=1S/C15H19NO2.ClH/c17-14(18)15-6-8-16(9-7-15)11-13(15)10-12-4-2-1-3-5-12;/h1-5,13H,6-11H2,(H,17,18);1H. The van der Waals surface area contributed by atoms with Gasteiger partial charge in [0.05, 0.1) is 5.41 Å². The van der Waals surface area contributed by atoms with E-state index in [4.69, 9.17) is 0 Å². The minimum Gasteiger partial charge on any atom is -0.481 e. The Morgan fingerprint density at radius 1 is 1.26 bits per heavy atom. The fourth-order valence-corrected chi connectivity index (χ4v) is 3.58. The Bertz CT molecular complexity index is 441. The number of rotatable bonds is 3. The Labute approximate surface area is 120 Å². The molecule has 0 saturated carbocycles. The van der Waals surface area contributed by atoms with Gasteiger partial charge >= 0.3 is 5.97 Å². The lowest BCUT2D eigenvalue weighted by Gasteiger charge is -2.51. The van der Waals surface area contributed by atoms with Gasteiger partial charge < -0.3 is 10.0 Å². The fraction of sp³-hybridized carbons (Fsp3) is 0.533. The molecule has 0 spiro atoms. The molecular formula is C15H20ClNO2. The summed E-state index contributed by atoms with van der Waals surface area (Å²) in [5.74, 6) is -0.317. The highest BCUT2D eigenvalue weighted by Crippen LogP contribution is 2.45. The highest BCUT2D eigenvalue weighted by Gasteiger charge is 2.51. The van der Waals surface area contributed by atoms with Crippen molar-refractivity contribution in [1.82, 2.24) is 4.90 Å². The van der Waals surface area contributed by atoms with E-state index in [0.29, 0.717) is 0 Å². The fourth-order valence-electron chi connectivity index (χ4n) is 3.58. The number of halogens is 1. The van der Waals surface area contributed by atoms with Crippen LogP contribution in [0, 0.1) is 11.3 Å². The van der Waals surface area contributed by atoms with Crippen LogP contribution in [0.3, 0.4) is 0 Å². The molecule has 3 aliphatic rings. The summed E-state index contributed by atoms with van der Waals surface area (Å²) >= 11 is 0. The van der Waals surface area contributed by atoms with Gasteiger partial charge in [0.2, 0.25) is 0 Å². The molecule has 3 aliphatic heterocycles. The second-order valence-corrected chi connectivity index (χ2v) is 5.65. The largest absolute Gasteiger partial charge is 0.481 e. The highest BCUT2D eigenvalue weighted by atomic mass is 35.5. The number of fused-ring (bicyclic) bond motifs is 3. The molecule has 104 valence electrons. The molecule has 3 saturated heterocycles. The van der Waals surface area contributed by atoms with Gasteiger partial charge in [-0.2, -0.15) is 0 Å². The summed E-state index contributed by atoms with van der Waals surface area (Å²) in [6.07, 6.45) is 2.53. The van der Waals surface area contributed by atoms with Crippen molar-refractivity contribution in [2.24, 2.45) is 11.3 Å². The lowest BCUT2D eigenvalue weighted by atomic mass is 9.63. The van der Waals surface area contributed by atoms with Crippen LogP contribution in [-0.2, 0) is 11.2 Å². The third-order valence-corrected chi connectivity index (χ3v) is 4.76. The van der Waals surface area contributed by atoms with Crippen LogP contribution in [0.4, 0.5) is 0 Å². The van der Waals surface area contributed by atoms with Crippen LogP contribution in [0.2, 0.25) is 0 Å². The highest BCUT2D eigenvalue weighted by molar-refractivity contribution is 5.85. The number of benzene rings is 1. The van der Waals surface area contributed by atoms with E-state index >= 15 is 0 Å². The topological polar surface area (TPSA) is 40.5 Å². The van der Waals surface area contributed by atoms with E-state index in [1.807, 2.05) is 18.2 Å². The van der Waals surface area contributed by atoms with Crippen LogP contribution in [-0.4, -0.2) is 35.6 Å². The maximum absolute atomic E-state index is 11.7. The predicted octanol–water partition coefficient (Wildman–Crippen LogP) is 2.45. The second-order valence-electron chi connectivity index (χ2n) is 5.65. The Morgan fingerprint density at radius 3 is 2.47 bits per heavy atom. The Hall–Kier alpha value is -1.06. The van der Waals surface area contributed by atoms with Crippen LogP contribution in [0.25, 0.3) is 0 Å². The average Bonchev–Trinajstić information content (AvgIpc) is 2.41. The zero-order valence-corrected chi connectivity index (χ0v) is 11.7. The Balaban J connectivity index is 0.00000133. The monoisotopic (exact) mass is 281 g/mol. The first-order valence-corrected chi connectivity index (χ1v) is 6.70. The van der Waals surface area contributed by atoms with Crippen LogP contribution < -0.4 is 0 Å². The molecular weight excluding hydrogens is 262 g/mol. The molecule has 3 fully saturated rings. The molecule has 1 atom stereocenters. The van der Waals surface area contributed by atoms with E-state index in [1.54, 1.807) is 0 Å². The van der Waals surface area contributed by atoms with Crippen molar-refractivity contribution in [3.63, 3.8) is 0 Å². The smallest absolute Gasteiger partial charge is 0.310 e. The van der Waals surface area contributed by atoms with E-state index in [1.165, 1.54) is 5.56 Å². The van der Waals surface area contributed by atoms with E-state index in [0.717, 1.165) is 38.9 Å². The van der Waals surface area contributed by atoms with Gasteiger partial charge in [-0.15, -0.1) is 12.4 Å². The van der Waals surface area contributed by atoms with E-state index in [-0.39, 0.29) is 18.3 Å². The molecule has 0 aliphatic carbocycles. The van der Waals surface area contributed by atoms with Crippen LogP contribution in [0.5, 0.6) is 0 Å². The molecule has 4 heteroatoms. The molecule has 1 unspecified atom stereocenters. The number of hydrogen-bond acceptors (Lipinski definition) is 2. The van der Waals surface area contributed by atoms with Gasteiger partial charge in [0.1, 0.15) is 0 Å². The molecule has 1 N–H and O–H groups in total. The van der Waals surface area contributed by atoms with Crippen molar-refractivity contribution in [2.75, 3.05) is 19.6 Å². The number of carbonyl (C=O) groups is 1. The molecule has 0 radical (unpaired) electrons. The van der Waals surface area contributed by atoms with Gasteiger partial charge in [0, 0.05) is 6.54 Å². The average molecular weight is 282 g/mol. The summed E-state index contributed by atoms with van der Waals surface area (Å²) in [6, 6.07) is 10.3. The van der Waals surface area contributed by atoms with Gasteiger partial charge in [-0.3, -0.25) is 4.79 Å². The molecule has 1 aromatic carbocycles. The van der Waals surface area contributed by atoms with E-state index in [9.17, 15) is 9.90 Å². The number of aliphatic carboxylic acids is 1. The maximum atomic E-state index is 11.7. The van der Waals surface area contributed by atoms with Crippen LogP contribution >= 0.6 is 12.4 Å². The number of hydrogen-bond donors (Lipinski definition) is 1. The van der Waals surface area contributed by atoms with Crippen molar-refractivity contribution in [3.8, 4) is 0 Å². The summed E-state index contributed by atoms with van der Waals surface area (Å²) < 4.78 is 0. The first-order chi connectivity index (χ1) is 8.71. The molecule has 3 heterocycles. The molecule has 4 rings (SSSR count). The van der Waals surface area contributed by atoms with E-state index in [2.05, 4.69) is 17.0 Å². The summed E-state index contributed by atoms with van der Waals surface area (Å²) in [5.41, 5.74) is 0.793. The number of carboxylic acids is 1. The Kier molecular flexibility index (Phi) is 4.16. The molecule has 0 aromatic heterocycles. The van der Waals surface area contributed by atoms with Crippen molar-refractivity contribution < 1.29 is 9.90 Å². The number of nitrogens with zero attached hydrogens (tertiary/aromatic N) is 1. The summed E-state index contributed by atoms with van der Waals surface area (Å²) in [5, 5.41) is 9.64. The first-order valence-electron chi connectivity index (χ1n) is 6.70. The summed E-state index contributed by atoms with van der Waals surface area (Å²) in [6.45, 7) is 2.86. The quantitative estimate of drug-likeness (QED) is 0.925. The zero-order valence-electron chi connectivity index (χ0n) is 10.9. The predicted molar refractivity (Wildman–Crippen MR) is 76.6 cm³/mol. The second kappa shape index (κ2) is 5.51. The maximum Gasteiger partial charge on any atom is 0.310 e. The zero-order chi connectivity index (χ0) is 12.6.